The lowest BCUT2D eigenvalue weighted by molar-refractivity contribution is -0.139. The van der Waals surface area contributed by atoms with Crippen LogP contribution in [0.15, 0.2) is 24.3 Å². The number of primary amides is 2. The first-order valence-corrected chi connectivity index (χ1v) is 7.12. The van der Waals surface area contributed by atoms with Gasteiger partial charge in [0.1, 0.15) is 0 Å². The topological polar surface area (TPSA) is 106 Å². The van der Waals surface area contributed by atoms with Gasteiger partial charge in [0, 0.05) is 5.92 Å². The summed E-state index contributed by atoms with van der Waals surface area (Å²) in [4.78, 5) is 35.2. The molecule has 1 aliphatic rings. The van der Waals surface area contributed by atoms with Gasteiger partial charge >= 0.3 is 6.18 Å². The van der Waals surface area contributed by atoms with Crippen molar-refractivity contribution in [1.82, 2.24) is 4.90 Å². The number of carbonyl (C=O) groups is 3. The fraction of sp³-hybridized carbons (Fsp3) is 0.400. The van der Waals surface area contributed by atoms with Crippen LogP contribution < -0.4 is 11.5 Å². The maximum Gasteiger partial charge on any atom is 0.416 e. The Balaban J connectivity index is 2.18. The van der Waals surface area contributed by atoms with Crippen LogP contribution in [0.1, 0.15) is 23.5 Å². The number of hydrogen-bond acceptors (Lipinski definition) is 3. The van der Waals surface area contributed by atoms with Crippen LogP contribution in [0.4, 0.5) is 13.2 Å². The molecule has 1 saturated carbocycles. The first-order chi connectivity index (χ1) is 11.1. The van der Waals surface area contributed by atoms with E-state index in [1.54, 1.807) is 0 Å². The first-order valence-electron chi connectivity index (χ1n) is 7.12. The van der Waals surface area contributed by atoms with Gasteiger partial charge in [0.15, 0.2) is 0 Å². The van der Waals surface area contributed by atoms with Crippen LogP contribution in [-0.2, 0) is 20.6 Å². The summed E-state index contributed by atoms with van der Waals surface area (Å²) in [6, 6.07) is 5.03. The Labute approximate surface area is 135 Å². The number of amides is 3. The van der Waals surface area contributed by atoms with E-state index in [0.717, 1.165) is 11.0 Å². The van der Waals surface area contributed by atoms with Crippen LogP contribution in [0.5, 0.6) is 0 Å². The Kier molecular flexibility index (Phi) is 4.81. The van der Waals surface area contributed by atoms with Crippen molar-refractivity contribution in [3.63, 3.8) is 0 Å². The second-order valence-corrected chi connectivity index (χ2v) is 5.66. The molecule has 2 atom stereocenters. The zero-order chi connectivity index (χ0) is 18.1. The van der Waals surface area contributed by atoms with E-state index in [1.165, 1.54) is 18.2 Å². The molecule has 0 radical (unpaired) electrons. The van der Waals surface area contributed by atoms with Gasteiger partial charge in [-0.15, -0.1) is 0 Å². The highest BCUT2D eigenvalue weighted by Gasteiger charge is 2.49. The van der Waals surface area contributed by atoms with Crippen LogP contribution in [0.3, 0.4) is 0 Å². The normalized spacial score (nSPS) is 19.6. The Bertz CT molecular complexity index is 659. The zero-order valence-electron chi connectivity index (χ0n) is 12.5. The molecular weight excluding hydrogens is 327 g/mol. The maximum absolute atomic E-state index is 13.0. The van der Waals surface area contributed by atoms with Crippen LogP contribution in [0.2, 0.25) is 0 Å². The highest BCUT2D eigenvalue weighted by Crippen LogP contribution is 2.51. The standard InChI is InChI=1S/C15H16F3N3O3/c16-15(17,18)11-4-2-1-3-8(11)9-5-10(9)14(24)21(6-12(19)22)7-13(20)23/h1-4,9-10H,5-7H2,(H2,19,22)(H2,20,23). The second-order valence-electron chi connectivity index (χ2n) is 5.66. The second kappa shape index (κ2) is 6.50. The molecule has 1 fully saturated rings. The van der Waals surface area contributed by atoms with Gasteiger partial charge < -0.3 is 16.4 Å². The fourth-order valence-corrected chi connectivity index (χ4v) is 2.71. The van der Waals surface area contributed by atoms with Crippen LogP contribution >= 0.6 is 0 Å². The van der Waals surface area contributed by atoms with E-state index in [4.69, 9.17) is 11.5 Å². The van der Waals surface area contributed by atoms with Crippen LogP contribution in [-0.4, -0.2) is 35.7 Å². The van der Waals surface area contributed by atoms with Crippen LogP contribution in [0.25, 0.3) is 0 Å². The molecule has 3 amide bonds. The number of rotatable bonds is 6. The van der Waals surface area contributed by atoms with Crippen molar-refractivity contribution in [3.05, 3.63) is 35.4 Å². The average molecular weight is 343 g/mol. The van der Waals surface area contributed by atoms with Gasteiger partial charge in [-0.1, -0.05) is 18.2 Å². The molecule has 0 bridgehead atoms. The maximum atomic E-state index is 13.0. The largest absolute Gasteiger partial charge is 0.416 e. The third kappa shape index (κ3) is 4.03. The number of hydrogen-bond donors (Lipinski definition) is 2. The molecule has 1 aliphatic carbocycles. The highest BCUT2D eigenvalue weighted by molar-refractivity contribution is 5.91. The smallest absolute Gasteiger partial charge is 0.368 e. The number of alkyl halides is 3. The molecular formula is C15H16F3N3O3. The van der Waals surface area contributed by atoms with Gasteiger partial charge in [-0.05, 0) is 24.0 Å². The van der Waals surface area contributed by atoms with Gasteiger partial charge in [0.25, 0.3) is 0 Å². The van der Waals surface area contributed by atoms with Gasteiger partial charge in [0.05, 0.1) is 18.7 Å². The summed E-state index contributed by atoms with van der Waals surface area (Å²) in [5.74, 6) is -3.62. The van der Waals surface area contributed by atoms with Crippen molar-refractivity contribution in [2.45, 2.75) is 18.5 Å². The molecule has 9 heteroatoms. The Hall–Kier alpha value is -2.58. The van der Waals surface area contributed by atoms with Gasteiger partial charge in [0.2, 0.25) is 17.7 Å². The predicted octanol–water partition coefficient (Wildman–Crippen LogP) is 0.608. The predicted molar refractivity (Wildman–Crippen MR) is 77.3 cm³/mol. The summed E-state index contributed by atoms with van der Waals surface area (Å²) >= 11 is 0. The summed E-state index contributed by atoms with van der Waals surface area (Å²) < 4.78 is 39.1. The molecule has 6 nitrogen and oxygen atoms in total. The van der Waals surface area contributed by atoms with Crippen molar-refractivity contribution in [2.75, 3.05) is 13.1 Å². The summed E-state index contributed by atoms with van der Waals surface area (Å²) in [5.41, 5.74) is 9.28. The molecule has 0 saturated heterocycles. The van der Waals surface area contributed by atoms with E-state index in [0.29, 0.717) is 0 Å². The van der Waals surface area contributed by atoms with Crippen molar-refractivity contribution in [1.29, 1.82) is 0 Å². The van der Waals surface area contributed by atoms with E-state index in [1.807, 2.05) is 0 Å². The molecule has 1 aromatic carbocycles. The highest BCUT2D eigenvalue weighted by atomic mass is 19.4. The van der Waals surface area contributed by atoms with E-state index < -0.39 is 54.4 Å². The van der Waals surface area contributed by atoms with E-state index in [9.17, 15) is 27.6 Å². The minimum Gasteiger partial charge on any atom is -0.368 e. The Morgan fingerprint density at radius 1 is 1.08 bits per heavy atom. The number of benzene rings is 1. The van der Waals surface area contributed by atoms with E-state index in [-0.39, 0.29) is 12.0 Å². The quantitative estimate of drug-likeness (QED) is 0.790. The number of nitrogens with zero attached hydrogens (tertiary/aromatic N) is 1. The Morgan fingerprint density at radius 3 is 2.12 bits per heavy atom. The molecule has 130 valence electrons. The third-order valence-electron chi connectivity index (χ3n) is 3.78. The minimum atomic E-state index is -4.52. The van der Waals surface area contributed by atoms with E-state index in [2.05, 4.69) is 0 Å². The molecule has 0 heterocycles. The third-order valence-corrected chi connectivity index (χ3v) is 3.78. The zero-order valence-corrected chi connectivity index (χ0v) is 12.5. The molecule has 2 unspecified atom stereocenters. The number of halogens is 3. The first kappa shape index (κ1) is 17.8. The Morgan fingerprint density at radius 2 is 1.62 bits per heavy atom. The van der Waals surface area contributed by atoms with Crippen molar-refractivity contribution < 1.29 is 27.6 Å². The van der Waals surface area contributed by atoms with Gasteiger partial charge in [-0.3, -0.25) is 14.4 Å². The van der Waals surface area contributed by atoms with Crippen LogP contribution in [0, 0.1) is 5.92 Å². The molecule has 0 aliphatic heterocycles. The lowest BCUT2D eigenvalue weighted by atomic mass is 10.0. The summed E-state index contributed by atoms with van der Waals surface area (Å²) in [5, 5.41) is 0. The number of carbonyl (C=O) groups excluding carboxylic acids is 3. The van der Waals surface area contributed by atoms with Crippen molar-refractivity contribution in [2.24, 2.45) is 17.4 Å². The van der Waals surface area contributed by atoms with Gasteiger partial charge in [-0.25, -0.2) is 0 Å². The van der Waals surface area contributed by atoms with Crippen molar-refractivity contribution >= 4 is 17.7 Å². The summed E-state index contributed by atoms with van der Waals surface area (Å²) in [6.45, 7) is -1.02. The summed E-state index contributed by atoms with van der Waals surface area (Å²) in [7, 11) is 0. The monoisotopic (exact) mass is 343 g/mol. The van der Waals surface area contributed by atoms with E-state index >= 15 is 0 Å². The molecule has 24 heavy (non-hydrogen) atoms. The van der Waals surface area contributed by atoms with Gasteiger partial charge in [-0.2, -0.15) is 13.2 Å². The van der Waals surface area contributed by atoms with Crippen molar-refractivity contribution in [3.8, 4) is 0 Å². The molecule has 2 rings (SSSR count). The minimum absolute atomic E-state index is 0.0291. The SMILES string of the molecule is NC(=O)CN(CC(N)=O)C(=O)C1CC1c1ccccc1C(F)(F)F. The lowest BCUT2D eigenvalue weighted by Crippen LogP contribution is -2.44. The fourth-order valence-electron chi connectivity index (χ4n) is 2.71. The summed E-state index contributed by atoms with van der Waals surface area (Å²) in [6.07, 6.45) is -4.31. The molecule has 1 aromatic rings. The average Bonchev–Trinajstić information content (AvgIpc) is 3.24. The number of nitrogens with two attached hydrogens (primary N) is 2. The molecule has 0 aromatic heterocycles. The lowest BCUT2D eigenvalue weighted by Gasteiger charge is -2.20. The molecule has 4 N–H and O–H groups in total. The molecule has 0 spiro atoms.